The van der Waals surface area contributed by atoms with E-state index >= 15 is 0 Å². The first-order valence-corrected chi connectivity index (χ1v) is 10.5. The number of ether oxygens (including phenoxy) is 1. The molecule has 1 aliphatic heterocycles. The third kappa shape index (κ3) is 4.12. The number of unbranched alkanes of at least 4 members (excludes halogenated alkanes) is 1. The SMILES string of the molecule is C=C(/C=C\CCC)c1cccc2nc(C(=O)N[C@H]3COc4ccccc4N(C)C3=O)nn12. The number of carbonyl (C=O) groups excluding carboxylic acids is 2. The van der Waals surface area contributed by atoms with Gasteiger partial charge in [-0.05, 0) is 36.3 Å². The lowest BCUT2D eigenvalue weighted by atomic mass is 10.1. The van der Waals surface area contributed by atoms with E-state index in [4.69, 9.17) is 4.74 Å². The lowest BCUT2D eigenvalue weighted by molar-refractivity contribution is -0.120. The fraction of sp³-hybridized carbons (Fsp3) is 0.250. The van der Waals surface area contributed by atoms with E-state index in [9.17, 15) is 9.59 Å². The molecule has 0 saturated carbocycles. The smallest absolute Gasteiger partial charge is 0.291 e. The number of nitrogens with zero attached hydrogens (tertiary/aromatic N) is 4. The molecule has 3 aromatic rings. The van der Waals surface area contributed by atoms with Crippen LogP contribution in [0.25, 0.3) is 11.2 Å². The van der Waals surface area contributed by atoms with Crippen molar-refractivity contribution in [2.24, 2.45) is 0 Å². The van der Waals surface area contributed by atoms with Crippen molar-refractivity contribution in [3.05, 3.63) is 72.7 Å². The van der Waals surface area contributed by atoms with E-state index in [2.05, 4.69) is 35.0 Å². The van der Waals surface area contributed by atoms with Gasteiger partial charge in [0, 0.05) is 7.05 Å². The van der Waals surface area contributed by atoms with Crippen LogP contribution in [0.3, 0.4) is 0 Å². The number of allylic oxidation sites excluding steroid dienone is 3. The molecule has 32 heavy (non-hydrogen) atoms. The first-order valence-electron chi connectivity index (χ1n) is 10.5. The Morgan fingerprint density at radius 2 is 2.09 bits per heavy atom. The summed E-state index contributed by atoms with van der Waals surface area (Å²) < 4.78 is 7.34. The summed E-state index contributed by atoms with van der Waals surface area (Å²) in [6.07, 6.45) is 5.99. The third-order valence-electron chi connectivity index (χ3n) is 5.23. The number of fused-ring (bicyclic) bond motifs is 2. The predicted molar refractivity (Wildman–Crippen MR) is 123 cm³/mol. The summed E-state index contributed by atoms with van der Waals surface area (Å²) in [6, 6.07) is 11.9. The lowest BCUT2D eigenvalue weighted by Crippen LogP contribution is -2.49. The summed E-state index contributed by atoms with van der Waals surface area (Å²) in [6.45, 7) is 6.23. The summed E-state index contributed by atoms with van der Waals surface area (Å²) in [5, 5.41) is 7.08. The molecule has 1 atom stereocenters. The maximum absolute atomic E-state index is 12.9. The standard InChI is InChI=1S/C24H25N5O3/c1-4-5-6-10-16(2)18-12-9-14-21-26-22(27-29(18)21)23(30)25-17-15-32-20-13-8-7-11-19(20)28(3)24(17)31/h6-14,17H,2,4-5,15H2,1,3H3,(H,25,30)/b10-6-/t17-/m0/s1. The molecule has 0 aliphatic carbocycles. The summed E-state index contributed by atoms with van der Waals surface area (Å²) in [5.74, 6) is -0.263. The topological polar surface area (TPSA) is 88.8 Å². The Morgan fingerprint density at radius 3 is 2.91 bits per heavy atom. The quantitative estimate of drug-likeness (QED) is 0.605. The van der Waals surface area contributed by atoms with Crippen molar-refractivity contribution in [2.45, 2.75) is 25.8 Å². The van der Waals surface area contributed by atoms with E-state index < -0.39 is 11.9 Å². The fourth-order valence-corrected chi connectivity index (χ4v) is 3.50. The van der Waals surface area contributed by atoms with Gasteiger partial charge in [0.25, 0.3) is 11.8 Å². The molecule has 1 aliphatic rings. The molecule has 2 aromatic heterocycles. The van der Waals surface area contributed by atoms with Crippen LogP contribution < -0.4 is 15.0 Å². The number of hydrogen-bond donors (Lipinski definition) is 1. The van der Waals surface area contributed by atoms with Gasteiger partial charge in [0.1, 0.15) is 18.4 Å². The van der Waals surface area contributed by atoms with Gasteiger partial charge in [0.2, 0.25) is 5.82 Å². The van der Waals surface area contributed by atoms with Crippen LogP contribution in [-0.4, -0.2) is 46.1 Å². The van der Waals surface area contributed by atoms with Gasteiger partial charge in [-0.15, -0.1) is 5.10 Å². The Kier molecular flexibility index (Phi) is 6.02. The van der Waals surface area contributed by atoms with Crippen molar-refractivity contribution in [3.63, 3.8) is 0 Å². The van der Waals surface area contributed by atoms with Crippen LogP contribution in [0.2, 0.25) is 0 Å². The minimum Gasteiger partial charge on any atom is -0.489 e. The Labute approximate surface area is 186 Å². The van der Waals surface area contributed by atoms with Crippen LogP contribution in [0.4, 0.5) is 5.69 Å². The third-order valence-corrected chi connectivity index (χ3v) is 5.23. The van der Waals surface area contributed by atoms with Gasteiger partial charge in [-0.25, -0.2) is 9.50 Å². The molecule has 0 fully saturated rings. The molecule has 0 spiro atoms. The molecule has 1 N–H and O–H groups in total. The number of carbonyl (C=O) groups is 2. The number of rotatable bonds is 6. The van der Waals surface area contributed by atoms with Crippen LogP contribution in [0.1, 0.15) is 36.1 Å². The van der Waals surface area contributed by atoms with Crippen LogP contribution in [0.5, 0.6) is 5.75 Å². The number of benzene rings is 1. The van der Waals surface area contributed by atoms with E-state index in [1.165, 1.54) is 4.90 Å². The molecule has 8 heteroatoms. The summed E-state index contributed by atoms with van der Waals surface area (Å²) in [4.78, 5) is 31.6. The van der Waals surface area contributed by atoms with Crippen LogP contribution in [-0.2, 0) is 4.79 Å². The van der Waals surface area contributed by atoms with E-state index in [1.807, 2.05) is 30.3 Å². The van der Waals surface area contributed by atoms with Crippen molar-refractivity contribution >= 4 is 28.7 Å². The second-order valence-electron chi connectivity index (χ2n) is 7.53. The highest BCUT2D eigenvalue weighted by Crippen LogP contribution is 2.29. The van der Waals surface area contributed by atoms with Crippen molar-refractivity contribution in [3.8, 4) is 5.75 Å². The van der Waals surface area contributed by atoms with Crippen molar-refractivity contribution in [2.75, 3.05) is 18.6 Å². The van der Waals surface area contributed by atoms with E-state index in [0.29, 0.717) is 17.1 Å². The van der Waals surface area contributed by atoms with E-state index in [-0.39, 0.29) is 18.3 Å². The fourth-order valence-electron chi connectivity index (χ4n) is 3.50. The highest BCUT2D eigenvalue weighted by molar-refractivity contribution is 6.02. The van der Waals surface area contributed by atoms with Crippen molar-refractivity contribution in [1.82, 2.24) is 19.9 Å². The number of nitrogens with one attached hydrogen (secondary N) is 1. The average Bonchev–Trinajstić information content (AvgIpc) is 3.21. The van der Waals surface area contributed by atoms with E-state index in [1.54, 1.807) is 29.8 Å². The summed E-state index contributed by atoms with van der Waals surface area (Å²) in [5.41, 5.74) is 2.68. The largest absolute Gasteiger partial charge is 0.489 e. The Morgan fingerprint density at radius 1 is 1.28 bits per heavy atom. The van der Waals surface area contributed by atoms with Crippen LogP contribution >= 0.6 is 0 Å². The summed E-state index contributed by atoms with van der Waals surface area (Å²) in [7, 11) is 1.65. The molecule has 0 radical (unpaired) electrons. The molecule has 4 rings (SSSR count). The number of para-hydroxylation sites is 2. The number of hydrogen-bond acceptors (Lipinski definition) is 5. The molecule has 2 amide bonds. The maximum atomic E-state index is 12.9. The first kappa shape index (κ1) is 21.3. The Bertz CT molecular complexity index is 1210. The minimum atomic E-state index is -0.863. The second-order valence-corrected chi connectivity index (χ2v) is 7.53. The minimum absolute atomic E-state index is 0.0174. The van der Waals surface area contributed by atoms with E-state index in [0.717, 1.165) is 24.1 Å². The molecular formula is C24H25N5O3. The number of likely N-dealkylation sites (N-methyl/N-ethyl adjacent to an activating group) is 1. The molecule has 1 aromatic carbocycles. The Hall–Kier alpha value is -3.94. The zero-order chi connectivity index (χ0) is 22.7. The molecule has 3 heterocycles. The molecule has 0 saturated heterocycles. The second kappa shape index (κ2) is 9.05. The lowest BCUT2D eigenvalue weighted by Gasteiger charge is -2.19. The van der Waals surface area contributed by atoms with Gasteiger partial charge in [-0.2, -0.15) is 0 Å². The molecule has 164 valence electrons. The van der Waals surface area contributed by atoms with Gasteiger partial charge >= 0.3 is 0 Å². The first-order chi connectivity index (χ1) is 15.5. The Balaban J connectivity index is 1.55. The average molecular weight is 431 g/mol. The number of aromatic nitrogens is 3. The van der Waals surface area contributed by atoms with Crippen molar-refractivity contribution in [1.29, 1.82) is 0 Å². The van der Waals surface area contributed by atoms with Crippen LogP contribution in [0.15, 0.2) is 61.2 Å². The monoisotopic (exact) mass is 431 g/mol. The molecule has 0 unspecified atom stereocenters. The van der Waals surface area contributed by atoms with Gasteiger partial charge in [0.05, 0.1) is 11.4 Å². The zero-order valence-corrected chi connectivity index (χ0v) is 18.1. The normalized spacial score (nSPS) is 16.0. The van der Waals surface area contributed by atoms with Crippen LogP contribution in [0, 0.1) is 0 Å². The zero-order valence-electron chi connectivity index (χ0n) is 18.1. The van der Waals surface area contributed by atoms with Gasteiger partial charge < -0.3 is 15.0 Å². The number of amides is 2. The van der Waals surface area contributed by atoms with Gasteiger partial charge in [-0.3, -0.25) is 9.59 Å². The highest BCUT2D eigenvalue weighted by atomic mass is 16.5. The maximum Gasteiger partial charge on any atom is 0.291 e. The number of anilines is 1. The van der Waals surface area contributed by atoms with Gasteiger partial charge in [0.15, 0.2) is 5.65 Å². The molecular weight excluding hydrogens is 406 g/mol. The summed E-state index contributed by atoms with van der Waals surface area (Å²) >= 11 is 0. The predicted octanol–water partition coefficient (Wildman–Crippen LogP) is 3.25. The van der Waals surface area contributed by atoms with Crippen molar-refractivity contribution < 1.29 is 14.3 Å². The molecule has 8 nitrogen and oxygen atoms in total. The highest BCUT2D eigenvalue weighted by Gasteiger charge is 2.31. The van der Waals surface area contributed by atoms with Gasteiger partial charge in [-0.1, -0.05) is 50.3 Å². The molecule has 0 bridgehead atoms. The number of pyridine rings is 1.